The molecule has 0 radical (unpaired) electrons. The monoisotopic (exact) mass is 450 g/mol. The highest BCUT2D eigenvalue weighted by Crippen LogP contribution is 2.28. The van der Waals surface area contributed by atoms with Crippen LogP contribution in [0.2, 0.25) is 0 Å². The molecule has 1 saturated heterocycles. The van der Waals surface area contributed by atoms with Gasteiger partial charge in [-0.05, 0) is 85.7 Å². The van der Waals surface area contributed by atoms with Crippen LogP contribution in [-0.4, -0.2) is 40.0 Å². The molecule has 0 unspecified atom stereocenters. The van der Waals surface area contributed by atoms with Gasteiger partial charge in [0.05, 0.1) is 0 Å². The minimum Gasteiger partial charge on any atom is -0.342 e. The number of rotatable bonds is 6. The zero-order valence-electron chi connectivity index (χ0n) is 18.2. The van der Waals surface area contributed by atoms with E-state index in [2.05, 4.69) is 21.5 Å². The number of benzene rings is 2. The minimum atomic E-state index is -0.241. The Morgan fingerprint density at radius 1 is 1.09 bits per heavy atom. The largest absolute Gasteiger partial charge is 0.342 e. The zero-order valence-corrected chi connectivity index (χ0v) is 19.0. The van der Waals surface area contributed by atoms with Crippen molar-refractivity contribution in [3.05, 3.63) is 60.0 Å². The van der Waals surface area contributed by atoms with Crippen molar-refractivity contribution >= 4 is 35.0 Å². The van der Waals surface area contributed by atoms with Crippen LogP contribution in [0.3, 0.4) is 0 Å². The summed E-state index contributed by atoms with van der Waals surface area (Å²) in [6, 6.07) is 13.2. The average molecular weight is 451 g/mol. The van der Waals surface area contributed by atoms with Crippen LogP contribution in [0.1, 0.15) is 24.0 Å². The summed E-state index contributed by atoms with van der Waals surface area (Å²) in [5.74, 6) is 2.19. The summed E-state index contributed by atoms with van der Waals surface area (Å²) in [6.07, 6.45) is 2.97. The van der Waals surface area contributed by atoms with Crippen molar-refractivity contribution < 1.29 is 14.1 Å². The molecule has 2 aromatic carbocycles. The van der Waals surface area contributed by atoms with Crippen LogP contribution in [0.15, 0.2) is 53.4 Å². The van der Waals surface area contributed by atoms with E-state index in [1.807, 2.05) is 49.9 Å². The standard InChI is InChI=1S/C24H26N4O3S/c1-16-11-17(2)13-21(12-16)28(24(30)19-7-9-32-10-8-19)14-22(29)26-20-5-3-18(4-6-20)23-25-15-31-27-23/h3-6,11-13,15,19H,7-10,14H2,1-2H3,(H,26,29). The lowest BCUT2D eigenvalue weighted by atomic mass is 10.00. The highest BCUT2D eigenvalue weighted by Gasteiger charge is 2.28. The van der Waals surface area contributed by atoms with Gasteiger partial charge in [-0.3, -0.25) is 9.59 Å². The lowest BCUT2D eigenvalue weighted by Gasteiger charge is -2.29. The first kappa shape index (κ1) is 22.1. The first-order valence-corrected chi connectivity index (χ1v) is 11.8. The van der Waals surface area contributed by atoms with Gasteiger partial charge in [0.25, 0.3) is 0 Å². The topological polar surface area (TPSA) is 88.3 Å². The van der Waals surface area contributed by atoms with E-state index in [1.165, 1.54) is 6.39 Å². The Morgan fingerprint density at radius 3 is 2.41 bits per heavy atom. The Kier molecular flexibility index (Phi) is 6.90. The molecule has 0 atom stereocenters. The highest BCUT2D eigenvalue weighted by molar-refractivity contribution is 7.99. The summed E-state index contributed by atoms with van der Waals surface area (Å²) < 4.78 is 4.77. The number of thioether (sulfide) groups is 1. The number of hydrogen-bond donors (Lipinski definition) is 1. The Labute approximate surface area is 191 Å². The van der Waals surface area contributed by atoms with E-state index in [0.29, 0.717) is 11.5 Å². The molecule has 0 spiro atoms. The molecule has 1 aliphatic heterocycles. The van der Waals surface area contributed by atoms with Gasteiger partial charge >= 0.3 is 0 Å². The maximum atomic E-state index is 13.4. The molecule has 2 heterocycles. The molecule has 1 aliphatic rings. The predicted octanol–water partition coefficient (Wildman–Crippen LogP) is 4.47. The number of anilines is 2. The van der Waals surface area contributed by atoms with Crippen molar-refractivity contribution in [3.8, 4) is 11.4 Å². The Balaban J connectivity index is 1.50. The molecule has 7 nitrogen and oxygen atoms in total. The van der Waals surface area contributed by atoms with Gasteiger partial charge < -0.3 is 14.7 Å². The molecule has 166 valence electrons. The number of nitrogens with zero attached hydrogens (tertiary/aromatic N) is 3. The summed E-state index contributed by atoms with van der Waals surface area (Å²) >= 11 is 1.88. The molecule has 8 heteroatoms. The predicted molar refractivity (Wildman–Crippen MR) is 127 cm³/mol. The van der Waals surface area contributed by atoms with Gasteiger partial charge in [0.2, 0.25) is 24.0 Å². The first-order valence-electron chi connectivity index (χ1n) is 10.6. The van der Waals surface area contributed by atoms with Crippen LogP contribution < -0.4 is 10.2 Å². The third-order valence-electron chi connectivity index (χ3n) is 5.44. The van der Waals surface area contributed by atoms with E-state index in [0.717, 1.165) is 46.7 Å². The molecule has 0 saturated carbocycles. The van der Waals surface area contributed by atoms with E-state index >= 15 is 0 Å². The smallest absolute Gasteiger partial charge is 0.244 e. The first-order chi connectivity index (χ1) is 15.5. The van der Waals surface area contributed by atoms with Gasteiger partial charge in [0.1, 0.15) is 6.54 Å². The van der Waals surface area contributed by atoms with E-state index in [1.54, 1.807) is 17.0 Å². The SMILES string of the molecule is Cc1cc(C)cc(N(CC(=O)Nc2ccc(-c3ncon3)cc2)C(=O)C2CCSCC2)c1. The lowest BCUT2D eigenvalue weighted by Crippen LogP contribution is -2.42. The summed E-state index contributed by atoms with van der Waals surface area (Å²) in [6.45, 7) is 3.97. The van der Waals surface area contributed by atoms with Crippen molar-refractivity contribution in [1.82, 2.24) is 10.1 Å². The van der Waals surface area contributed by atoms with E-state index in [-0.39, 0.29) is 24.3 Å². The van der Waals surface area contributed by atoms with Crippen molar-refractivity contribution in [2.75, 3.05) is 28.3 Å². The number of amides is 2. The van der Waals surface area contributed by atoms with Crippen LogP contribution in [0.4, 0.5) is 11.4 Å². The van der Waals surface area contributed by atoms with Crippen LogP contribution in [0.5, 0.6) is 0 Å². The summed E-state index contributed by atoms with van der Waals surface area (Å²) in [5.41, 5.74) is 4.33. The highest BCUT2D eigenvalue weighted by atomic mass is 32.2. The van der Waals surface area contributed by atoms with Gasteiger partial charge in [-0.25, -0.2) is 0 Å². The van der Waals surface area contributed by atoms with Crippen molar-refractivity contribution in [1.29, 1.82) is 0 Å². The fourth-order valence-corrected chi connectivity index (χ4v) is 5.02. The van der Waals surface area contributed by atoms with Crippen molar-refractivity contribution in [3.63, 3.8) is 0 Å². The minimum absolute atomic E-state index is 0.0258. The van der Waals surface area contributed by atoms with E-state index in [9.17, 15) is 9.59 Å². The van der Waals surface area contributed by atoms with Gasteiger partial charge in [0, 0.05) is 22.9 Å². The third kappa shape index (κ3) is 5.37. The molecular weight excluding hydrogens is 424 g/mol. The molecule has 32 heavy (non-hydrogen) atoms. The second-order valence-electron chi connectivity index (χ2n) is 8.04. The molecule has 0 bridgehead atoms. The van der Waals surface area contributed by atoms with Gasteiger partial charge in [-0.2, -0.15) is 16.7 Å². The van der Waals surface area contributed by atoms with Gasteiger partial charge in [-0.1, -0.05) is 11.2 Å². The number of hydrogen-bond acceptors (Lipinski definition) is 6. The summed E-state index contributed by atoms with van der Waals surface area (Å²) in [4.78, 5) is 32.0. The number of aromatic nitrogens is 2. The van der Waals surface area contributed by atoms with Gasteiger partial charge in [0.15, 0.2) is 0 Å². The molecule has 4 rings (SSSR count). The fourth-order valence-electron chi connectivity index (χ4n) is 3.91. The molecular formula is C24H26N4O3S. The quantitative estimate of drug-likeness (QED) is 0.596. The number of carbonyl (C=O) groups is 2. The molecule has 1 N–H and O–H groups in total. The second-order valence-corrected chi connectivity index (χ2v) is 9.26. The van der Waals surface area contributed by atoms with Crippen LogP contribution in [0.25, 0.3) is 11.4 Å². The molecule has 2 amide bonds. The molecule has 1 aromatic heterocycles. The normalized spacial score (nSPS) is 14.2. The Morgan fingerprint density at radius 2 is 1.78 bits per heavy atom. The summed E-state index contributed by atoms with van der Waals surface area (Å²) in [5, 5.41) is 6.71. The summed E-state index contributed by atoms with van der Waals surface area (Å²) in [7, 11) is 0. The van der Waals surface area contributed by atoms with Crippen molar-refractivity contribution in [2.24, 2.45) is 5.92 Å². The fraction of sp³-hybridized carbons (Fsp3) is 0.333. The zero-order chi connectivity index (χ0) is 22.5. The Bertz CT molecular complexity index is 1060. The average Bonchev–Trinajstić information content (AvgIpc) is 3.32. The number of carbonyl (C=O) groups excluding carboxylic acids is 2. The molecule has 3 aromatic rings. The van der Waals surface area contributed by atoms with E-state index < -0.39 is 0 Å². The van der Waals surface area contributed by atoms with Crippen molar-refractivity contribution in [2.45, 2.75) is 26.7 Å². The van der Waals surface area contributed by atoms with Crippen LogP contribution in [-0.2, 0) is 9.59 Å². The van der Waals surface area contributed by atoms with E-state index in [4.69, 9.17) is 4.52 Å². The molecule has 1 fully saturated rings. The van der Waals surface area contributed by atoms with Crippen LogP contribution >= 0.6 is 11.8 Å². The maximum absolute atomic E-state index is 13.4. The number of nitrogens with one attached hydrogen (secondary N) is 1. The third-order valence-corrected chi connectivity index (χ3v) is 6.49. The second kappa shape index (κ2) is 9.99. The lowest BCUT2D eigenvalue weighted by molar-refractivity contribution is -0.124. The number of aryl methyl sites for hydroxylation is 2. The van der Waals surface area contributed by atoms with Gasteiger partial charge in [-0.15, -0.1) is 0 Å². The molecule has 0 aliphatic carbocycles. The Hall–Kier alpha value is -3.13. The maximum Gasteiger partial charge on any atom is 0.244 e. The van der Waals surface area contributed by atoms with Crippen LogP contribution in [0, 0.1) is 19.8 Å².